The predicted octanol–water partition coefficient (Wildman–Crippen LogP) is 1.07. The fourth-order valence-electron chi connectivity index (χ4n) is 1.87. The minimum Gasteiger partial charge on any atom is -0.329 e. The molecule has 0 aromatic carbocycles. The van der Waals surface area contributed by atoms with Crippen molar-refractivity contribution in [3.8, 4) is 0 Å². The van der Waals surface area contributed by atoms with Crippen LogP contribution in [0.15, 0.2) is 0 Å². The largest absolute Gasteiger partial charge is 0.329 e. The molecule has 0 aromatic rings. The molecule has 2 heteroatoms. The van der Waals surface area contributed by atoms with Crippen LogP contribution in [0.5, 0.6) is 0 Å². The van der Waals surface area contributed by atoms with Crippen LogP contribution in [0, 0.1) is 5.92 Å². The van der Waals surface area contributed by atoms with Gasteiger partial charge >= 0.3 is 0 Å². The molecule has 1 heterocycles. The van der Waals surface area contributed by atoms with Crippen molar-refractivity contribution in [2.75, 3.05) is 19.6 Å². The van der Waals surface area contributed by atoms with Crippen LogP contribution in [0.25, 0.3) is 0 Å². The van der Waals surface area contributed by atoms with E-state index in [1.54, 1.807) is 0 Å². The summed E-state index contributed by atoms with van der Waals surface area (Å²) in [7, 11) is 0. The molecule has 1 saturated heterocycles. The standard InChI is InChI=1S/C9H20N2/c1-8(2)7-11-5-3-4-9(11)6-10/h8-9H,3-7,10H2,1-2H3/t9-/m0/s1. The van der Waals surface area contributed by atoms with Crippen molar-refractivity contribution in [3.63, 3.8) is 0 Å². The van der Waals surface area contributed by atoms with E-state index in [1.807, 2.05) is 0 Å². The fourth-order valence-corrected chi connectivity index (χ4v) is 1.87. The molecule has 0 saturated carbocycles. The lowest BCUT2D eigenvalue weighted by atomic mass is 10.2. The Hall–Kier alpha value is -0.0800. The highest BCUT2D eigenvalue weighted by Gasteiger charge is 2.22. The molecule has 0 amide bonds. The Morgan fingerprint density at radius 3 is 2.82 bits per heavy atom. The lowest BCUT2D eigenvalue weighted by molar-refractivity contribution is 0.231. The lowest BCUT2D eigenvalue weighted by Gasteiger charge is -2.24. The number of nitrogens with two attached hydrogens (primary N) is 1. The Bertz CT molecular complexity index is 112. The molecular formula is C9H20N2. The second-order valence-corrected chi connectivity index (χ2v) is 3.92. The Kier molecular flexibility index (Phi) is 3.34. The first-order valence-corrected chi connectivity index (χ1v) is 4.68. The zero-order valence-corrected chi connectivity index (χ0v) is 7.71. The van der Waals surface area contributed by atoms with Crippen LogP contribution < -0.4 is 5.73 Å². The Balaban J connectivity index is 2.31. The first-order chi connectivity index (χ1) is 5.24. The number of likely N-dealkylation sites (tertiary alicyclic amines) is 1. The average molecular weight is 156 g/mol. The number of rotatable bonds is 3. The van der Waals surface area contributed by atoms with Crippen molar-refractivity contribution in [2.45, 2.75) is 32.7 Å². The molecule has 0 bridgehead atoms. The van der Waals surface area contributed by atoms with Crippen molar-refractivity contribution in [3.05, 3.63) is 0 Å². The van der Waals surface area contributed by atoms with Gasteiger partial charge in [0.1, 0.15) is 0 Å². The summed E-state index contributed by atoms with van der Waals surface area (Å²) in [6.07, 6.45) is 2.65. The molecule has 2 nitrogen and oxygen atoms in total. The molecule has 0 aromatic heterocycles. The summed E-state index contributed by atoms with van der Waals surface area (Å²) in [4.78, 5) is 2.53. The van der Waals surface area contributed by atoms with Gasteiger partial charge in [-0.05, 0) is 25.3 Å². The molecule has 2 N–H and O–H groups in total. The van der Waals surface area contributed by atoms with Gasteiger partial charge in [0, 0.05) is 19.1 Å². The third-order valence-electron chi connectivity index (χ3n) is 2.37. The van der Waals surface area contributed by atoms with E-state index in [1.165, 1.54) is 25.9 Å². The van der Waals surface area contributed by atoms with E-state index in [4.69, 9.17) is 5.73 Å². The van der Waals surface area contributed by atoms with Crippen LogP contribution in [0.1, 0.15) is 26.7 Å². The van der Waals surface area contributed by atoms with Gasteiger partial charge in [-0.15, -0.1) is 0 Å². The highest BCUT2D eigenvalue weighted by Crippen LogP contribution is 2.17. The van der Waals surface area contributed by atoms with E-state index in [0.29, 0.717) is 6.04 Å². The molecule has 1 atom stereocenters. The highest BCUT2D eigenvalue weighted by molar-refractivity contribution is 4.79. The van der Waals surface area contributed by atoms with Crippen LogP contribution >= 0.6 is 0 Å². The number of hydrogen-bond donors (Lipinski definition) is 1. The van der Waals surface area contributed by atoms with E-state index < -0.39 is 0 Å². The van der Waals surface area contributed by atoms with Gasteiger partial charge in [-0.25, -0.2) is 0 Å². The van der Waals surface area contributed by atoms with Gasteiger partial charge in [-0.3, -0.25) is 4.90 Å². The van der Waals surface area contributed by atoms with E-state index in [0.717, 1.165) is 12.5 Å². The van der Waals surface area contributed by atoms with Crippen LogP contribution in [0.3, 0.4) is 0 Å². The predicted molar refractivity (Wildman–Crippen MR) is 48.5 cm³/mol. The van der Waals surface area contributed by atoms with Crippen LogP contribution in [0.2, 0.25) is 0 Å². The molecular weight excluding hydrogens is 136 g/mol. The van der Waals surface area contributed by atoms with Crippen molar-refractivity contribution >= 4 is 0 Å². The van der Waals surface area contributed by atoms with Crippen molar-refractivity contribution < 1.29 is 0 Å². The summed E-state index contributed by atoms with van der Waals surface area (Å²) in [5.41, 5.74) is 5.66. The van der Waals surface area contributed by atoms with Gasteiger partial charge in [-0.2, -0.15) is 0 Å². The molecule has 1 fully saturated rings. The molecule has 11 heavy (non-hydrogen) atoms. The van der Waals surface area contributed by atoms with Gasteiger partial charge in [0.15, 0.2) is 0 Å². The first-order valence-electron chi connectivity index (χ1n) is 4.68. The van der Waals surface area contributed by atoms with Crippen LogP contribution in [-0.2, 0) is 0 Å². The quantitative estimate of drug-likeness (QED) is 0.662. The Morgan fingerprint density at radius 2 is 2.27 bits per heavy atom. The molecule has 0 unspecified atom stereocenters. The van der Waals surface area contributed by atoms with Gasteiger partial charge in [0.05, 0.1) is 0 Å². The first kappa shape index (κ1) is 9.01. The lowest BCUT2D eigenvalue weighted by Crippen LogP contribution is -2.37. The second kappa shape index (κ2) is 4.07. The van der Waals surface area contributed by atoms with Crippen LogP contribution in [0.4, 0.5) is 0 Å². The molecule has 1 rings (SSSR count). The normalized spacial score (nSPS) is 26.7. The van der Waals surface area contributed by atoms with Crippen molar-refractivity contribution in [1.29, 1.82) is 0 Å². The summed E-state index contributed by atoms with van der Waals surface area (Å²) in [6, 6.07) is 0.678. The summed E-state index contributed by atoms with van der Waals surface area (Å²) < 4.78 is 0. The zero-order chi connectivity index (χ0) is 8.27. The van der Waals surface area contributed by atoms with E-state index in [-0.39, 0.29) is 0 Å². The summed E-state index contributed by atoms with van der Waals surface area (Å²) in [5, 5.41) is 0. The highest BCUT2D eigenvalue weighted by atomic mass is 15.2. The maximum absolute atomic E-state index is 5.66. The monoisotopic (exact) mass is 156 g/mol. The summed E-state index contributed by atoms with van der Waals surface area (Å²) in [5.74, 6) is 0.780. The average Bonchev–Trinajstić information content (AvgIpc) is 2.34. The topological polar surface area (TPSA) is 29.3 Å². The number of nitrogens with zero attached hydrogens (tertiary/aromatic N) is 1. The molecule has 1 aliphatic heterocycles. The second-order valence-electron chi connectivity index (χ2n) is 3.92. The Labute approximate surface area is 69.8 Å². The minimum absolute atomic E-state index is 0.678. The third kappa shape index (κ3) is 2.46. The maximum Gasteiger partial charge on any atom is 0.0218 e. The number of hydrogen-bond acceptors (Lipinski definition) is 2. The van der Waals surface area contributed by atoms with Crippen molar-refractivity contribution in [2.24, 2.45) is 11.7 Å². The summed E-state index contributed by atoms with van der Waals surface area (Å²) >= 11 is 0. The van der Waals surface area contributed by atoms with Gasteiger partial charge in [0.25, 0.3) is 0 Å². The van der Waals surface area contributed by atoms with Gasteiger partial charge in [0.2, 0.25) is 0 Å². The molecule has 1 aliphatic rings. The maximum atomic E-state index is 5.66. The molecule has 66 valence electrons. The Morgan fingerprint density at radius 1 is 1.55 bits per heavy atom. The molecule has 0 aliphatic carbocycles. The van der Waals surface area contributed by atoms with E-state index in [9.17, 15) is 0 Å². The van der Waals surface area contributed by atoms with Gasteiger partial charge < -0.3 is 5.73 Å². The smallest absolute Gasteiger partial charge is 0.0218 e. The van der Waals surface area contributed by atoms with Crippen molar-refractivity contribution in [1.82, 2.24) is 4.90 Å². The SMILES string of the molecule is CC(C)CN1CCC[C@H]1CN. The summed E-state index contributed by atoms with van der Waals surface area (Å²) in [6.45, 7) is 7.87. The van der Waals surface area contributed by atoms with E-state index >= 15 is 0 Å². The van der Waals surface area contributed by atoms with Gasteiger partial charge in [-0.1, -0.05) is 13.8 Å². The third-order valence-corrected chi connectivity index (χ3v) is 2.37. The fraction of sp³-hybridized carbons (Fsp3) is 1.00. The minimum atomic E-state index is 0.678. The van der Waals surface area contributed by atoms with Crippen LogP contribution in [-0.4, -0.2) is 30.6 Å². The molecule has 0 spiro atoms. The molecule has 0 radical (unpaired) electrons. The van der Waals surface area contributed by atoms with E-state index in [2.05, 4.69) is 18.7 Å². The zero-order valence-electron chi connectivity index (χ0n) is 7.71.